The van der Waals surface area contributed by atoms with Crippen LogP contribution in [0, 0.1) is 0 Å². The van der Waals surface area contributed by atoms with Crippen LogP contribution in [0.25, 0.3) is 16.0 Å². The van der Waals surface area contributed by atoms with Gasteiger partial charge in [0.1, 0.15) is 0 Å². The fourth-order valence-corrected chi connectivity index (χ4v) is 4.60. The zero-order valence-corrected chi connectivity index (χ0v) is 16.4. The lowest BCUT2D eigenvalue weighted by Crippen LogP contribution is -2.12. The van der Waals surface area contributed by atoms with Gasteiger partial charge in [0.25, 0.3) is 5.56 Å². The molecule has 0 N–H and O–H groups in total. The Bertz CT molecular complexity index is 1210. The van der Waals surface area contributed by atoms with E-state index in [1.54, 1.807) is 16.1 Å². The minimum Gasteiger partial charge on any atom is -0.319 e. The van der Waals surface area contributed by atoms with Gasteiger partial charge in [0, 0.05) is 29.9 Å². The largest absolute Gasteiger partial charge is 0.416 e. The average molecular weight is 424 g/mol. The highest BCUT2D eigenvalue weighted by Crippen LogP contribution is 2.33. The van der Waals surface area contributed by atoms with Crippen LogP contribution in [-0.4, -0.2) is 18.9 Å². The first-order valence-electron chi connectivity index (χ1n) is 8.53. The number of imidazole rings is 1. The summed E-state index contributed by atoms with van der Waals surface area (Å²) >= 11 is 2.74. The summed E-state index contributed by atoms with van der Waals surface area (Å²) in [4.78, 5) is 21.7. The van der Waals surface area contributed by atoms with E-state index in [4.69, 9.17) is 0 Å². The lowest BCUT2D eigenvalue weighted by Gasteiger charge is -2.09. The Hall–Kier alpha value is -2.33. The fourth-order valence-electron chi connectivity index (χ4n) is 2.93. The van der Waals surface area contributed by atoms with Crippen LogP contribution >= 0.6 is 23.1 Å². The summed E-state index contributed by atoms with van der Waals surface area (Å²) in [5.41, 5.74) is 0.750. The molecule has 3 heterocycles. The van der Waals surface area contributed by atoms with Crippen molar-refractivity contribution in [1.82, 2.24) is 18.9 Å². The number of nitrogens with zero attached hydrogens (tertiary/aromatic N) is 4. The molecule has 146 valence electrons. The fraction of sp³-hybridized carbons (Fsp3) is 0.278. The van der Waals surface area contributed by atoms with Crippen molar-refractivity contribution in [3.8, 4) is 0 Å². The number of alkyl halides is 3. The van der Waals surface area contributed by atoms with Crippen molar-refractivity contribution >= 4 is 39.1 Å². The minimum atomic E-state index is -4.40. The molecule has 10 heteroatoms. The van der Waals surface area contributed by atoms with Gasteiger partial charge < -0.3 is 4.57 Å². The molecule has 0 saturated carbocycles. The maximum Gasteiger partial charge on any atom is 0.416 e. The van der Waals surface area contributed by atoms with Crippen molar-refractivity contribution in [3.63, 3.8) is 0 Å². The van der Waals surface area contributed by atoms with E-state index < -0.39 is 11.7 Å². The molecule has 0 atom stereocenters. The third-order valence-corrected chi connectivity index (χ3v) is 5.96. The van der Waals surface area contributed by atoms with Gasteiger partial charge in [0.05, 0.1) is 22.3 Å². The van der Waals surface area contributed by atoms with E-state index in [1.165, 1.54) is 39.6 Å². The van der Waals surface area contributed by atoms with Crippen molar-refractivity contribution in [3.05, 3.63) is 57.5 Å². The van der Waals surface area contributed by atoms with Gasteiger partial charge in [-0.25, -0.2) is 9.97 Å². The van der Waals surface area contributed by atoms with Crippen molar-refractivity contribution in [2.75, 3.05) is 0 Å². The van der Waals surface area contributed by atoms with Gasteiger partial charge in [0.15, 0.2) is 10.1 Å². The summed E-state index contributed by atoms with van der Waals surface area (Å²) in [7, 11) is 0. The second kappa shape index (κ2) is 7.25. The summed E-state index contributed by atoms with van der Waals surface area (Å²) in [5, 5.41) is 2.41. The second-order valence-electron chi connectivity index (χ2n) is 6.18. The number of fused-ring (bicyclic) bond motifs is 2. The second-order valence-corrected chi connectivity index (χ2v) is 7.99. The Morgan fingerprint density at radius 1 is 1.21 bits per heavy atom. The monoisotopic (exact) mass is 424 g/mol. The Morgan fingerprint density at radius 2 is 2.04 bits per heavy atom. The van der Waals surface area contributed by atoms with E-state index in [-0.39, 0.29) is 5.56 Å². The summed E-state index contributed by atoms with van der Waals surface area (Å²) in [6, 6.07) is 5.07. The Balaban J connectivity index is 1.68. The first kappa shape index (κ1) is 19.0. The first-order chi connectivity index (χ1) is 13.4. The molecule has 3 aromatic heterocycles. The molecule has 0 aliphatic carbocycles. The van der Waals surface area contributed by atoms with Crippen LogP contribution in [-0.2, 0) is 18.5 Å². The quantitative estimate of drug-likeness (QED) is 0.431. The summed E-state index contributed by atoms with van der Waals surface area (Å²) < 4.78 is 42.5. The maximum absolute atomic E-state index is 13.1. The van der Waals surface area contributed by atoms with Crippen LogP contribution in [0.3, 0.4) is 0 Å². The molecule has 28 heavy (non-hydrogen) atoms. The van der Waals surface area contributed by atoms with E-state index >= 15 is 0 Å². The van der Waals surface area contributed by atoms with Crippen molar-refractivity contribution < 1.29 is 13.2 Å². The van der Waals surface area contributed by atoms with Gasteiger partial charge in [-0.1, -0.05) is 18.7 Å². The average Bonchev–Trinajstić information content (AvgIpc) is 3.24. The molecule has 0 bridgehead atoms. The predicted octanol–water partition coefficient (Wildman–Crippen LogP) is 4.83. The molecule has 0 amide bonds. The van der Waals surface area contributed by atoms with E-state index in [1.807, 2.05) is 6.92 Å². The number of aromatic nitrogens is 4. The highest BCUT2D eigenvalue weighted by Gasteiger charge is 2.31. The van der Waals surface area contributed by atoms with E-state index in [0.717, 1.165) is 18.6 Å². The number of benzene rings is 1. The van der Waals surface area contributed by atoms with E-state index in [0.29, 0.717) is 39.1 Å². The number of hydrogen-bond acceptors (Lipinski definition) is 5. The molecule has 4 rings (SSSR count). The topological polar surface area (TPSA) is 52.2 Å². The SMILES string of the molecule is CCCn1c(SCc2cc(=O)n3ccsc3n2)nc2ccc(C(F)(F)F)cc21. The molecule has 0 unspecified atom stereocenters. The summed E-state index contributed by atoms with van der Waals surface area (Å²) in [6.07, 6.45) is -1.97. The molecular weight excluding hydrogens is 409 g/mol. The number of thioether (sulfide) groups is 1. The van der Waals surface area contributed by atoms with Gasteiger partial charge in [-0.3, -0.25) is 9.20 Å². The van der Waals surface area contributed by atoms with Crippen LogP contribution in [0.5, 0.6) is 0 Å². The van der Waals surface area contributed by atoms with Gasteiger partial charge in [0.2, 0.25) is 0 Å². The first-order valence-corrected chi connectivity index (χ1v) is 10.4. The molecule has 0 saturated heterocycles. The molecule has 0 fully saturated rings. The number of halogens is 3. The van der Waals surface area contributed by atoms with E-state index in [9.17, 15) is 18.0 Å². The standard InChI is InChI=1S/C18H15F3N4OS2/c1-2-5-24-14-8-11(18(19,20)21)3-4-13(14)23-17(24)28-10-12-9-15(26)25-6-7-27-16(25)22-12/h3-4,6-9H,2,5,10H2,1H3. The minimum absolute atomic E-state index is 0.154. The van der Waals surface area contributed by atoms with Gasteiger partial charge in [-0.05, 0) is 24.6 Å². The zero-order valence-electron chi connectivity index (χ0n) is 14.7. The molecule has 0 aliphatic heterocycles. The molecular formula is C18H15F3N4OS2. The highest BCUT2D eigenvalue weighted by atomic mass is 32.2. The number of rotatable bonds is 5. The lowest BCUT2D eigenvalue weighted by atomic mass is 10.2. The van der Waals surface area contributed by atoms with E-state index in [2.05, 4.69) is 9.97 Å². The van der Waals surface area contributed by atoms with Crippen LogP contribution < -0.4 is 5.56 Å². The normalized spacial score (nSPS) is 12.3. The summed E-state index contributed by atoms with van der Waals surface area (Å²) in [6.45, 7) is 2.52. The van der Waals surface area contributed by atoms with Gasteiger partial charge >= 0.3 is 6.18 Å². The van der Waals surface area contributed by atoms with Crippen LogP contribution in [0.1, 0.15) is 24.6 Å². The third kappa shape index (κ3) is 3.53. The van der Waals surface area contributed by atoms with Crippen molar-refractivity contribution in [2.24, 2.45) is 0 Å². The number of hydrogen-bond donors (Lipinski definition) is 0. The highest BCUT2D eigenvalue weighted by molar-refractivity contribution is 7.98. The maximum atomic E-state index is 13.1. The summed E-state index contributed by atoms with van der Waals surface area (Å²) in [5.74, 6) is 0.406. The molecule has 0 spiro atoms. The van der Waals surface area contributed by atoms with Gasteiger partial charge in [-0.15, -0.1) is 11.3 Å². The molecule has 0 aliphatic rings. The third-order valence-electron chi connectivity index (χ3n) is 4.19. The smallest absolute Gasteiger partial charge is 0.319 e. The number of aryl methyl sites for hydroxylation is 1. The lowest BCUT2D eigenvalue weighted by molar-refractivity contribution is -0.137. The Kier molecular flexibility index (Phi) is 4.92. The Morgan fingerprint density at radius 3 is 2.79 bits per heavy atom. The molecule has 0 radical (unpaired) electrons. The van der Waals surface area contributed by atoms with Crippen molar-refractivity contribution in [1.29, 1.82) is 0 Å². The predicted molar refractivity (Wildman–Crippen MR) is 104 cm³/mol. The zero-order chi connectivity index (χ0) is 19.9. The molecule has 5 nitrogen and oxygen atoms in total. The molecule has 4 aromatic rings. The Labute approximate surface area is 165 Å². The molecule has 1 aromatic carbocycles. The van der Waals surface area contributed by atoms with Crippen LogP contribution in [0.4, 0.5) is 13.2 Å². The van der Waals surface area contributed by atoms with Crippen LogP contribution in [0.15, 0.2) is 45.8 Å². The van der Waals surface area contributed by atoms with Crippen LogP contribution in [0.2, 0.25) is 0 Å². The van der Waals surface area contributed by atoms with Gasteiger partial charge in [-0.2, -0.15) is 13.2 Å². The number of thiazole rings is 1. The van der Waals surface area contributed by atoms with Crippen molar-refractivity contribution in [2.45, 2.75) is 37.0 Å².